The molecule has 0 spiro atoms. The molecule has 1 heterocycles. The molecule has 0 aliphatic heterocycles. The number of hydrogen-bond donors (Lipinski definition) is 1. The molecule has 1 aromatic carbocycles. The van der Waals surface area contributed by atoms with Gasteiger partial charge in [0.1, 0.15) is 17.0 Å². The third-order valence-corrected chi connectivity index (χ3v) is 5.76. The first-order valence-electron chi connectivity index (χ1n) is 7.11. The summed E-state index contributed by atoms with van der Waals surface area (Å²) in [6, 6.07) is 5.04. The molecular formula is C14H17ClN4O2S. The quantitative estimate of drug-likeness (QED) is 0.873. The van der Waals surface area contributed by atoms with Crippen molar-refractivity contribution in [2.24, 2.45) is 0 Å². The summed E-state index contributed by atoms with van der Waals surface area (Å²) < 4.78 is 29.3. The number of aryl methyl sites for hydroxylation is 1. The lowest BCUT2D eigenvalue weighted by Crippen LogP contribution is -2.28. The monoisotopic (exact) mass is 340 g/mol. The molecule has 0 amide bonds. The smallest absolute Gasteiger partial charge is 0.242 e. The van der Waals surface area contributed by atoms with E-state index in [1.807, 2.05) is 4.57 Å². The van der Waals surface area contributed by atoms with Crippen molar-refractivity contribution in [2.75, 3.05) is 6.54 Å². The van der Waals surface area contributed by atoms with E-state index in [9.17, 15) is 8.42 Å². The van der Waals surface area contributed by atoms with Gasteiger partial charge < -0.3 is 4.57 Å². The maximum Gasteiger partial charge on any atom is 0.242 e. The fourth-order valence-electron chi connectivity index (χ4n) is 2.42. The van der Waals surface area contributed by atoms with Gasteiger partial charge in [0, 0.05) is 19.0 Å². The van der Waals surface area contributed by atoms with Gasteiger partial charge in [-0.15, -0.1) is 10.2 Å². The van der Waals surface area contributed by atoms with Crippen LogP contribution in [0.1, 0.15) is 30.1 Å². The van der Waals surface area contributed by atoms with Gasteiger partial charge >= 0.3 is 0 Å². The first kappa shape index (κ1) is 15.5. The van der Waals surface area contributed by atoms with Crippen molar-refractivity contribution in [2.45, 2.75) is 37.1 Å². The first-order valence-corrected chi connectivity index (χ1v) is 8.97. The Morgan fingerprint density at radius 2 is 2.18 bits per heavy atom. The van der Waals surface area contributed by atoms with Crippen LogP contribution in [0.3, 0.4) is 0 Å². The highest BCUT2D eigenvalue weighted by atomic mass is 35.5. The largest absolute Gasteiger partial charge is 0.316 e. The van der Waals surface area contributed by atoms with Crippen LogP contribution < -0.4 is 4.72 Å². The fraction of sp³-hybridized carbons (Fsp3) is 0.429. The van der Waals surface area contributed by atoms with Gasteiger partial charge in [0.25, 0.3) is 0 Å². The second-order valence-electron chi connectivity index (χ2n) is 5.44. The van der Waals surface area contributed by atoms with Crippen LogP contribution in [0.15, 0.2) is 29.4 Å². The van der Waals surface area contributed by atoms with E-state index in [1.54, 1.807) is 31.5 Å². The summed E-state index contributed by atoms with van der Waals surface area (Å²) in [5, 5.41) is 8.23. The minimum Gasteiger partial charge on any atom is -0.316 e. The van der Waals surface area contributed by atoms with Crippen molar-refractivity contribution in [1.29, 1.82) is 0 Å². The van der Waals surface area contributed by atoms with Gasteiger partial charge in [-0.1, -0.05) is 23.7 Å². The zero-order valence-corrected chi connectivity index (χ0v) is 13.7. The summed E-state index contributed by atoms with van der Waals surface area (Å²) in [6.07, 6.45) is 3.90. The van der Waals surface area contributed by atoms with E-state index in [4.69, 9.17) is 11.6 Å². The second kappa shape index (κ2) is 5.98. The standard InChI is InChI=1S/C14H17ClN4O2S/c1-10-3-2-4-12(15)13(10)22(20,21)17-7-8-19-9-16-18-14(19)11-5-6-11/h2-4,9,11,17H,5-8H2,1H3. The Morgan fingerprint density at radius 1 is 1.41 bits per heavy atom. The van der Waals surface area contributed by atoms with Crippen LogP contribution in [0.5, 0.6) is 0 Å². The third-order valence-electron chi connectivity index (χ3n) is 3.67. The molecule has 118 valence electrons. The molecule has 1 aromatic heterocycles. The Kier molecular flexibility index (Phi) is 4.20. The lowest BCUT2D eigenvalue weighted by molar-refractivity contribution is 0.568. The molecule has 0 radical (unpaired) electrons. The molecule has 1 N–H and O–H groups in total. The SMILES string of the molecule is Cc1cccc(Cl)c1S(=O)(=O)NCCn1cnnc1C1CC1. The third kappa shape index (κ3) is 3.16. The highest BCUT2D eigenvalue weighted by Gasteiger charge is 2.28. The van der Waals surface area contributed by atoms with Crippen LogP contribution >= 0.6 is 11.6 Å². The van der Waals surface area contributed by atoms with Gasteiger partial charge in [-0.2, -0.15) is 0 Å². The summed E-state index contributed by atoms with van der Waals surface area (Å²) in [5.74, 6) is 1.41. The van der Waals surface area contributed by atoms with E-state index in [0.29, 0.717) is 18.0 Å². The molecule has 0 unspecified atom stereocenters. The fourth-order valence-corrected chi connectivity index (χ4v) is 4.27. The zero-order chi connectivity index (χ0) is 15.7. The summed E-state index contributed by atoms with van der Waals surface area (Å²) >= 11 is 6.02. The van der Waals surface area contributed by atoms with Gasteiger partial charge in [-0.05, 0) is 31.4 Å². The molecule has 8 heteroatoms. The summed E-state index contributed by atoms with van der Waals surface area (Å²) in [5.41, 5.74) is 0.628. The van der Waals surface area contributed by atoms with E-state index < -0.39 is 10.0 Å². The van der Waals surface area contributed by atoms with Gasteiger partial charge in [0.05, 0.1) is 5.02 Å². The Hall–Kier alpha value is -1.44. The van der Waals surface area contributed by atoms with Crippen molar-refractivity contribution >= 4 is 21.6 Å². The van der Waals surface area contributed by atoms with E-state index in [-0.39, 0.29) is 16.5 Å². The molecule has 2 aromatic rings. The molecule has 1 saturated carbocycles. The molecule has 1 aliphatic carbocycles. The van der Waals surface area contributed by atoms with Crippen LogP contribution in [0.4, 0.5) is 0 Å². The van der Waals surface area contributed by atoms with E-state index >= 15 is 0 Å². The molecular weight excluding hydrogens is 324 g/mol. The summed E-state index contributed by atoms with van der Waals surface area (Å²) in [7, 11) is -3.63. The van der Waals surface area contributed by atoms with Crippen molar-refractivity contribution < 1.29 is 8.42 Å². The maximum absolute atomic E-state index is 12.4. The maximum atomic E-state index is 12.4. The molecule has 22 heavy (non-hydrogen) atoms. The lowest BCUT2D eigenvalue weighted by atomic mass is 10.2. The number of rotatable bonds is 6. The Balaban J connectivity index is 1.69. The number of benzene rings is 1. The number of sulfonamides is 1. The van der Waals surface area contributed by atoms with Gasteiger partial charge in [-0.25, -0.2) is 13.1 Å². The van der Waals surface area contributed by atoms with Gasteiger partial charge in [0.2, 0.25) is 10.0 Å². The van der Waals surface area contributed by atoms with Gasteiger partial charge in [0.15, 0.2) is 0 Å². The molecule has 3 rings (SSSR count). The highest BCUT2D eigenvalue weighted by molar-refractivity contribution is 7.89. The van der Waals surface area contributed by atoms with E-state index in [0.717, 1.165) is 18.7 Å². The number of aromatic nitrogens is 3. The predicted molar refractivity (Wildman–Crippen MR) is 83.4 cm³/mol. The van der Waals surface area contributed by atoms with E-state index in [2.05, 4.69) is 14.9 Å². The van der Waals surface area contributed by atoms with Crippen LogP contribution in [0.25, 0.3) is 0 Å². The van der Waals surface area contributed by atoms with Crippen LogP contribution in [-0.2, 0) is 16.6 Å². The van der Waals surface area contributed by atoms with Crippen LogP contribution in [0.2, 0.25) is 5.02 Å². The van der Waals surface area contributed by atoms with Crippen molar-refractivity contribution in [3.8, 4) is 0 Å². The number of halogens is 1. The van der Waals surface area contributed by atoms with Crippen LogP contribution in [0, 0.1) is 6.92 Å². The highest BCUT2D eigenvalue weighted by Crippen LogP contribution is 2.38. The Labute approximate surface area is 134 Å². The average molecular weight is 341 g/mol. The van der Waals surface area contributed by atoms with Crippen LogP contribution in [-0.4, -0.2) is 29.7 Å². The molecule has 0 bridgehead atoms. The molecule has 1 aliphatic rings. The molecule has 0 saturated heterocycles. The normalized spacial score (nSPS) is 15.2. The predicted octanol–water partition coefficient (Wildman–Crippen LogP) is 2.10. The minimum atomic E-state index is -3.63. The summed E-state index contributed by atoms with van der Waals surface area (Å²) in [6.45, 7) is 2.50. The van der Waals surface area contributed by atoms with Crippen molar-refractivity contribution in [3.05, 3.63) is 40.9 Å². The zero-order valence-electron chi connectivity index (χ0n) is 12.2. The number of hydrogen-bond acceptors (Lipinski definition) is 4. The second-order valence-corrected chi connectivity index (χ2v) is 7.55. The van der Waals surface area contributed by atoms with E-state index in [1.165, 1.54) is 0 Å². The summed E-state index contributed by atoms with van der Waals surface area (Å²) in [4.78, 5) is 0.142. The molecule has 0 atom stereocenters. The molecule has 6 nitrogen and oxygen atoms in total. The number of nitrogens with zero attached hydrogens (tertiary/aromatic N) is 3. The Morgan fingerprint density at radius 3 is 2.86 bits per heavy atom. The first-order chi connectivity index (χ1) is 10.5. The average Bonchev–Trinajstić information content (AvgIpc) is 3.18. The lowest BCUT2D eigenvalue weighted by Gasteiger charge is -2.11. The minimum absolute atomic E-state index is 0.142. The van der Waals surface area contributed by atoms with Gasteiger partial charge in [-0.3, -0.25) is 0 Å². The van der Waals surface area contributed by atoms with Crippen molar-refractivity contribution in [1.82, 2.24) is 19.5 Å². The molecule has 1 fully saturated rings. The van der Waals surface area contributed by atoms with Crippen molar-refractivity contribution in [3.63, 3.8) is 0 Å². The number of nitrogens with one attached hydrogen (secondary N) is 1. The topological polar surface area (TPSA) is 76.9 Å². The Bertz CT molecular complexity index is 764.